The van der Waals surface area contributed by atoms with E-state index >= 15 is 0 Å². The Balaban J connectivity index is 1.92. The summed E-state index contributed by atoms with van der Waals surface area (Å²) in [5, 5.41) is 9.08. The Bertz CT molecular complexity index is 758. The molecule has 2 aromatic rings. The first kappa shape index (κ1) is 15.5. The van der Waals surface area contributed by atoms with Crippen LogP contribution >= 0.6 is 0 Å². The maximum Gasteiger partial charge on any atom is 0.306 e. The van der Waals surface area contributed by atoms with Gasteiger partial charge in [-0.25, -0.2) is 4.98 Å². The average molecular weight is 315 g/mol. The summed E-state index contributed by atoms with van der Waals surface area (Å²) in [4.78, 5) is 30.4. The second-order valence-corrected chi connectivity index (χ2v) is 6.05. The van der Waals surface area contributed by atoms with Gasteiger partial charge in [0.25, 0.3) is 5.91 Å². The molecular weight excluding hydrogens is 294 g/mol. The maximum atomic E-state index is 13.0. The van der Waals surface area contributed by atoms with Gasteiger partial charge in [0.15, 0.2) is 0 Å². The van der Waals surface area contributed by atoms with Gasteiger partial charge in [0.1, 0.15) is 11.3 Å². The topological polar surface area (TPSA) is 74.9 Å². The number of carboxylic acid groups (broad SMARTS) is 1. The average Bonchev–Trinajstić information content (AvgIpc) is 2.94. The molecule has 0 spiro atoms. The minimum atomic E-state index is -0.767. The number of imidazole rings is 1. The number of pyridine rings is 1. The Morgan fingerprint density at radius 1 is 1.35 bits per heavy atom. The molecule has 0 bridgehead atoms. The van der Waals surface area contributed by atoms with Crippen molar-refractivity contribution in [3.05, 3.63) is 35.3 Å². The Kier molecular flexibility index (Phi) is 4.07. The molecule has 6 nitrogen and oxygen atoms in total. The van der Waals surface area contributed by atoms with Gasteiger partial charge in [-0.05, 0) is 37.8 Å². The minimum Gasteiger partial charge on any atom is -0.481 e. The summed E-state index contributed by atoms with van der Waals surface area (Å²) < 4.78 is 1.86. The molecule has 1 aliphatic rings. The van der Waals surface area contributed by atoms with Crippen molar-refractivity contribution >= 4 is 17.5 Å². The number of carboxylic acids is 1. The van der Waals surface area contributed by atoms with Gasteiger partial charge in [-0.15, -0.1) is 0 Å². The number of hydrogen-bond donors (Lipinski definition) is 1. The molecule has 0 saturated carbocycles. The number of hydrogen-bond acceptors (Lipinski definition) is 3. The van der Waals surface area contributed by atoms with Crippen LogP contribution in [-0.4, -0.2) is 44.4 Å². The standard InChI is InChI=1S/C17H21N3O3/c1-3-13-14(20-8-4-5-11(2)15(20)18-13)16(21)19-9-6-12(7-10-19)17(22)23/h4-5,8,12H,3,6-7,9-10H2,1-2H3,(H,22,23). The van der Waals surface area contributed by atoms with Gasteiger partial charge in [-0.1, -0.05) is 13.0 Å². The zero-order valence-corrected chi connectivity index (χ0v) is 13.5. The smallest absolute Gasteiger partial charge is 0.306 e. The third-order valence-corrected chi connectivity index (χ3v) is 4.59. The number of aromatic nitrogens is 2. The van der Waals surface area contributed by atoms with Crippen molar-refractivity contribution in [2.75, 3.05) is 13.1 Å². The molecule has 1 amide bonds. The molecule has 6 heteroatoms. The van der Waals surface area contributed by atoms with Gasteiger partial charge < -0.3 is 10.0 Å². The van der Waals surface area contributed by atoms with E-state index in [1.54, 1.807) is 4.90 Å². The van der Waals surface area contributed by atoms with Crippen molar-refractivity contribution in [2.45, 2.75) is 33.1 Å². The highest BCUT2D eigenvalue weighted by Gasteiger charge is 2.30. The number of carbonyl (C=O) groups excluding carboxylic acids is 1. The van der Waals surface area contributed by atoms with E-state index in [-0.39, 0.29) is 11.8 Å². The highest BCUT2D eigenvalue weighted by Crippen LogP contribution is 2.22. The molecular formula is C17H21N3O3. The van der Waals surface area contributed by atoms with E-state index in [2.05, 4.69) is 4.98 Å². The number of nitrogens with zero attached hydrogens (tertiary/aromatic N) is 3. The normalized spacial score (nSPS) is 16.0. The summed E-state index contributed by atoms with van der Waals surface area (Å²) in [5.74, 6) is -1.16. The van der Waals surface area contributed by atoms with Gasteiger partial charge in [0.05, 0.1) is 11.6 Å². The van der Waals surface area contributed by atoms with Crippen LogP contribution in [-0.2, 0) is 11.2 Å². The molecule has 2 aromatic heterocycles. The van der Waals surface area contributed by atoms with Crippen LogP contribution in [0.3, 0.4) is 0 Å². The highest BCUT2D eigenvalue weighted by molar-refractivity contribution is 5.95. The fourth-order valence-electron chi connectivity index (χ4n) is 3.20. The molecule has 3 heterocycles. The monoisotopic (exact) mass is 315 g/mol. The van der Waals surface area contributed by atoms with E-state index in [1.165, 1.54) is 0 Å². The summed E-state index contributed by atoms with van der Waals surface area (Å²) in [7, 11) is 0. The largest absolute Gasteiger partial charge is 0.481 e. The fraction of sp³-hybridized carbons (Fsp3) is 0.471. The van der Waals surface area contributed by atoms with Gasteiger partial charge in [0, 0.05) is 19.3 Å². The molecule has 1 aliphatic heterocycles. The molecule has 1 N–H and O–H groups in total. The van der Waals surface area contributed by atoms with E-state index in [0.717, 1.165) is 16.9 Å². The first-order valence-corrected chi connectivity index (χ1v) is 8.01. The summed E-state index contributed by atoms with van der Waals surface area (Å²) >= 11 is 0. The maximum absolute atomic E-state index is 13.0. The SMILES string of the molecule is CCc1nc2c(C)cccn2c1C(=O)N1CCC(C(=O)O)CC1. The summed E-state index contributed by atoms with van der Waals surface area (Å²) in [6.45, 7) is 4.94. The minimum absolute atomic E-state index is 0.0520. The van der Waals surface area contributed by atoms with Crippen LogP contribution in [0.5, 0.6) is 0 Å². The zero-order chi connectivity index (χ0) is 16.6. The van der Waals surface area contributed by atoms with E-state index in [9.17, 15) is 9.59 Å². The van der Waals surface area contributed by atoms with Crippen LogP contribution in [0.1, 0.15) is 41.5 Å². The van der Waals surface area contributed by atoms with Crippen LogP contribution < -0.4 is 0 Å². The molecule has 122 valence electrons. The van der Waals surface area contributed by atoms with Gasteiger partial charge in [-0.2, -0.15) is 0 Å². The van der Waals surface area contributed by atoms with Crippen LogP contribution in [0.15, 0.2) is 18.3 Å². The lowest BCUT2D eigenvalue weighted by Crippen LogP contribution is -2.41. The van der Waals surface area contributed by atoms with E-state index in [4.69, 9.17) is 5.11 Å². The first-order chi connectivity index (χ1) is 11.0. The fourth-order valence-corrected chi connectivity index (χ4v) is 3.20. The lowest BCUT2D eigenvalue weighted by atomic mass is 9.97. The number of aryl methyl sites for hydroxylation is 2. The molecule has 3 rings (SSSR count). The first-order valence-electron chi connectivity index (χ1n) is 8.01. The number of carbonyl (C=O) groups is 2. The summed E-state index contributed by atoms with van der Waals surface area (Å²) in [5.41, 5.74) is 3.25. The quantitative estimate of drug-likeness (QED) is 0.941. The summed E-state index contributed by atoms with van der Waals surface area (Å²) in [6.07, 6.45) is 3.58. The van der Waals surface area contributed by atoms with E-state index < -0.39 is 5.97 Å². The molecule has 0 aromatic carbocycles. The van der Waals surface area contributed by atoms with E-state index in [0.29, 0.717) is 38.0 Å². The highest BCUT2D eigenvalue weighted by atomic mass is 16.4. The lowest BCUT2D eigenvalue weighted by Gasteiger charge is -2.30. The van der Waals surface area contributed by atoms with Gasteiger partial charge in [0.2, 0.25) is 0 Å². The number of rotatable bonds is 3. The predicted octanol–water partition coefficient (Wildman–Crippen LogP) is 2.14. The van der Waals surface area contributed by atoms with Crippen molar-refractivity contribution in [1.82, 2.24) is 14.3 Å². The molecule has 23 heavy (non-hydrogen) atoms. The van der Waals surface area contributed by atoms with E-state index in [1.807, 2.05) is 36.6 Å². The molecule has 1 saturated heterocycles. The van der Waals surface area contributed by atoms with Crippen molar-refractivity contribution in [1.29, 1.82) is 0 Å². The third kappa shape index (κ3) is 2.69. The molecule has 0 atom stereocenters. The number of aliphatic carboxylic acids is 1. The Hall–Kier alpha value is -2.37. The van der Waals surface area contributed by atoms with Gasteiger partial charge >= 0.3 is 5.97 Å². The Morgan fingerprint density at radius 2 is 2.04 bits per heavy atom. The number of likely N-dealkylation sites (tertiary alicyclic amines) is 1. The van der Waals surface area contributed by atoms with Crippen molar-refractivity contribution in [3.63, 3.8) is 0 Å². The number of fused-ring (bicyclic) bond motifs is 1. The lowest BCUT2D eigenvalue weighted by molar-refractivity contribution is -0.143. The predicted molar refractivity (Wildman–Crippen MR) is 85.6 cm³/mol. The third-order valence-electron chi connectivity index (χ3n) is 4.59. The van der Waals surface area contributed by atoms with Gasteiger partial charge in [-0.3, -0.25) is 14.0 Å². The Morgan fingerprint density at radius 3 is 2.65 bits per heavy atom. The summed E-state index contributed by atoms with van der Waals surface area (Å²) in [6, 6.07) is 3.89. The number of piperidine rings is 1. The second kappa shape index (κ2) is 6.02. The molecule has 1 fully saturated rings. The molecule has 0 radical (unpaired) electrons. The number of amides is 1. The molecule has 0 aliphatic carbocycles. The van der Waals surface area contributed by atoms with Crippen molar-refractivity contribution in [3.8, 4) is 0 Å². The van der Waals surface area contributed by atoms with Crippen LogP contribution in [0.25, 0.3) is 5.65 Å². The zero-order valence-electron chi connectivity index (χ0n) is 13.5. The van der Waals surface area contributed by atoms with Crippen molar-refractivity contribution < 1.29 is 14.7 Å². The Labute approximate surface area is 134 Å². The second-order valence-electron chi connectivity index (χ2n) is 6.05. The van der Waals surface area contributed by atoms with Crippen LogP contribution in [0.4, 0.5) is 0 Å². The molecule has 0 unspecified atom stereocenters. The van der Waals surface area contributed by atoms with Crippen molar-refractivity contribution in [2.24, 2.45) is 5.92 Å². The van der Waals surface area contributed by atoms with Crippen LogP contribution in [0, 0.1) is 12.8 Å². The van der Waals surface area contributed by atoms with Crippen LogP contribution in [0.2, 0.25) is 0 Å².